The van der Waals surface area contributed by atoms with Gasteiger partial charge in [0, 0.05) is 17.2 Å². The van der Waals surface area contributed by atoms with Crippen molar-refractivity contribution in [3.05, 3.63) is 42.1 Å². The number of aliphatic imine (C=N–C) groups is 1. The monoisotopic (exact) mass is 392 g/mol. The lowest BCUT2D eigenvalue weighted by Crippen LogP contribution is -2.82. The van der Waals surface area contributed by atoms with Crippen molar-refractivity contribution in [3.8, 4) is 0 Å². The summed E-state index contributed by atoms with van der Waals surface area (Å²) in [6.07, 6.45) is 0.769. The summed E-state index contributed by atoms with van der Waals surface area (Å²) in [6, 6.07) is 9.40. The maximum atomic E-state index is 11.8. The van der Waals surface area contributed by atoms with Crippen LogP contribution in [0.5, 0.6) is 0 Å². The highest BCUT2D eigenvalue weighted by Crippen LogP contribution is 2.26. The largest absolute Gasteiger partial charge is 0.443 e. The van der Waals surface area contributed by atoms with Gasteiger partial charge in [0.1, 0.15) is 12.3 Å². The molecule has 1 rings (SSSR count). The zero-order valence-electron chi connectivity index (χ0n) is 13.7. The minimum atomic E-state index is -1.69. The third-order valence-electron chi connectivity index (χ3n) is 2.86. The highest BCUT2D eigenvalue weighted by Gasteiger charge is 2.23. The van der Waals surface area contributed by atoms with Crippen molar-refractivity contribution in [2.24, 2.45) is 16.1 Å². The molecule has 4 N–H and O–H groups in total. The summed E-state index contributed by atoms with van der Waals surface area (Å²) in [5.41, 5.74) is 7.23. The lowest BCUT2D eigenvalue weighted by Gasteiger charge is -2.18. The van der Waals surface area contributed by atoms with Gasteiger partial charge in [0.15, 0.2) is 0 Å². The zero-order valence-corrected chi connectivity index (χ0v) is 16.0. The number of nitrogens with two attached hydrogens (primary N) is 2. The van der Waals surface area contributed by atoms with Gasteiger partial charge in [-0.25, -0.2) is 4.79 Å². The first kappa shape index (κ1) is 20.8. The average molecular weight is 394 g/mol. The number of carbonyl (C=O) groups is 1. The molecule has 0 aromatic heterocycles. The quantitative estimate of drug-likeness (QED) is 0.356. The SMILES string of the molecule is CC(C)(C)/C(N)=C/C(=N\C(=O)OCC(Cl)(Cl)Cl)[NH2+]c1ccccc1. The lowest BCUT2D eigenvalue weighted by molar-refractivity contribution is -0.441. The van der Waals surface area contributed by atoms with Crippen LogP contribution in [-0.4, -0.2) is 22.3 Å². The van der Waals surface area contributed by atoms with Crippen molar-refractivity contribution >= 4 is 52.4 Å². The maximum absolute atomic E-state index is 11.8. The molecule has 0 atom stereocenters. The van der Waals surface area contributed by atoms with Crippen LogP contribution >= 0.6 is 34.8 Å². The van der Waals surface area contributed by atoms with Crippen LogP contribution in [0.1, 0.15) is 20.8 Å². The van der Waals surface area contributed by atoms with E-state index in [-0.39, 0.29) is 5.41 Å². The molecule has 0 aliphatic rings. The van der Waals surface area contributed by atoms with Gasteiger partial charge in [-0.05, 0) is 12.1 Å². The number of allylic oxidation sites excluding steroid dienone is 1. The number of ether oxygens (including phenoxy) is 1. The van der Waals surface area contributed by atoms with Crippen molar-refractivity contribution in [2.75, 3.05) is 6.61 Å². The number of rotatable bonds is 3. The normalized spacial score (nSPS) is 13.8. The first-order valence-corrected chi connectivity index (χ1v) is 8.30. The summed E-state index contributed by atoms with van der Waals surface area (Å²) in [4.78, 5) is 15.7. The Labute approximate surface area is 156 Å². The lowest BCUT2D eigenvalue weighted by atomic mass is 9.92. The summed E-state index contributed by atoms with van der Waals surface area (Å²) in [6.45, 7) is 5.48. The first-order valence-electron chi connectivity index (χ1n) is 7.17. The molecular formula is C16H21Cl3N3O2+. The van der Waals surface area contributed by atoms with Gasteiger partial charge in [0.2, 0.25) is 9.63 Å². The average Bonchev–Trinajstić information content (AvgIpc) is 2.44. The second-order valence-electron chi connectivity index (χ2n) is 6.11. The maximum Gasteiger partial charge on any atom is 0.438 e. The number of benzene rings is 1. The van der Waals surface area contributed by atoms with Crippen LogP contribution in [0.15, 0.2) is 47.1 Å². The molecule has 0 radical (unpaired) electrons. The van der Waals surface area contributed by atoms with Gasteiger partial charge >= 0.3 is 6.09 Å². The summed E-state index contributed by atoms with van der Waals surface area (Å²) >= 11 is 16.7. The molecule has 0 heterocycles. The Morgan fingerprint density at radius 2 is 1.83 bits per heavy atom. The molecule has 1 aromatic rings. The van der Waals surface area contributed by atoms with Crippen LogP contribution in [-0.2, 0) is 4.74 Å². The van der Waals surface area contributed by atoms with Crippen LogP contribution in [0.25, 0.3) is 0 Å². The fourth-order valence-electron chi connectivity index (χ4n) is 1.48. The van der Waals surface area contributed by atoms with Crippen molar-refractivity contribution in [2.45, 2.75) is 24.6 Å². The van der Waals surface area contributed by atoms with E-state index < -0.39 is 16.5 Å². The number of amides is 1. The van der Waals surface area contributed by atoms with Gasteiger partial charge in [-0.1, -0.05) is 73.8 Å². The van der Waals surface area contributed by atoms with E-state index in [2.05, 4.69) is 4.99 Å². The molecule has 1 amide bonds. The Kier molecular flexibility index (Phi) is 7.55. The molecule has 0 unspecified atom stereocenters. The third kappa shape index (κ3) is 8.55. The van der Waals surface area contributed by atoms with E-state index in [9.17, 15) is 4.79 Å². The van der Waals surface area contributed by atoms with Crippen LogP contribution in [0.3, 0.4) is 0 Å². The predicted octanol–water partition coefficient (Wildman–Crippen LogP) is 3.68. The van der Waals surface area contributed by atoms with Gasteiger partial charge in [0.05, 0.1) is 0 Å². The number of nitrogens with zero attached hydrogens (tertiary/aromatic N) is 1. The Morgan fingerprint density at radius 3 is 2.33 bits per heavy atom. The molecule has 0 spiro atoms. The third-order valence-corrected chi connectivity index (χ3v) is 3.19. The second kappa shape index (κ2) is 8.72. The highest BCUT2D eigenvalue weighted by atomic mass is 35.6. The van der Waals surface area contributed by atoms with Crippen LogP contribution in [0.4, 0.5) is 10.5 Å². The van der Waals surface area contributed by atoms with Gasteiger partial charge in [0.25, 0.3) is 0 Å². The van der Waals surface area contributed by atoms with E-state index >= 15 is 0 Å². The summed E-state index contributed by atoms with van der Waals surface area (Å²) < 4.78 is 3.14. The minimum absolute atomic E-state index is 0.271. The van der Waals surface area contributed by atoms with E-state index in [1.807, 2.05) is 51.1 Å². The van der Waals surface area contributed by atoms with E-state index in [4.69, 9.17) is 45.3 Å². The molecule has 132 valence electrons. The Morgan fingerprint density at radius 1 is 1.25 bits per heavy atom. The molecule has 0 saturated carbocycles. The summed E-state index contributed by atoms with van der Waals surface area (Å²) in [7, 11) is 0. The number of para-hydroxylation sites is 1. The second-order valence-corrected chi connectivity index (χ2v) is 8.63. The fraction of sp³-hybridized carbons (Fsp3) is 0.375. The summed E-state index contributed by atoms with van der Waals surface area (Å²) in [5, 5.41) is 1.72. The predicted molar refractivity (Wildman–Crippen MR) is 98.8 cm³/mol. The van der Waals surface area contributed by atoms with E-state index in [0.717, 1.165) is 5.69 Å². The van der Waals surface area contributed by atoms with Gasteiger partial charge in [-0.2, -0.15) is 0 Å². The summed E-state index contributed by atoms with van der Waals surface area (Å²) in [5.74, 6) is 0.350. The molecule has 5 nitrogen and oxygen atoms in total. The fourth-order valence-corrected chi connectivity index (χ4v) is 1.65. The van der Waals surface area contributed by atoms with Crippen LogP contribution in [0, 0.1) is 5.41 Å². The molecule has 24 heavy (non-hydrogen) atoms. The Bertz CT molecular complexity index is 618. The number of halogens is 3. The van der Waals surface area contributed by atoms with E-state index in [1.165, 1.54) is 0 Å². The molecule has 0 aliphatic carbocycles. The standard InChI is InChI=1S/C16H20Cl3N3O2/c1-15(2,3)12(20)9-13(21-11-7-5-4-6-8-11)22-14(23)24-10-16(17,18)19/h4-9H,10,20H2,1-3H3,(H,21,22,23)/p+1/b12-9-. The molecule has 0 fully saturated rings. The van der Waals surface area contributed by atoms with Gasteiger partial charge in [-0.3, -0.25) is 5.32 Å². The number of hydrogen-bond acceptors (Lipinski definition) is 3. The van der Waals surface area contributed by atoms with Crippen molar-refractivity contribution in [1.82, 2.24) is 0 Å². The van der Waals surface area contributed by atoms with Crippen molar-refractivity contribution in [3.63, 3.8) is 0 Å². The molecule has 1 aromatic carbocycles. The molecular weight excluding hydrogens is 373 g/mol. The number of hydrogen-bond donors (Lipinski definition) is 2. The topological polar surface area (TPSA) is 81.3 Å². The van der Waals surface area contributed by atoms with E-state index in [1.54, 1.807) is 11.4 Å². The minimum Gasteiger partial charge on any atom is -0.443 e. The smallest absolute Gasteiger partial charge is 0.438 e. The molecule has 8 heteroatoms. The first-order chi connectivity index (χ1) is 11.0. The van der Waals surface area contributed by atoms with Crippen molar-refractivity contribution < 1.29 is 14.8 Å². The molecule has 0 bridgehead atoms. The zero-order chi connectivity index (χ0) is 18.4. The number of quaternary nitrogens is 1. The van der Waals surface area contributed by atoms with Gasteiger partial charge in [-0.15, -0.1) is 4.99 Å². The number of amidine groups is 1. The number of carbonyl (C=O) groups excluding carboxylic acids is 1. The highest BCUT2D eigenvalue weighted by molar-refractivity contribution is 6.67. The number of alkyl halides is 3. The Hall–Kier alpha value is -1.27. The Balaban J connectivity index is 3.00. The van der Waals surface area contributed by atoms with Crippen molar-refractivity contribution in [1.29, 1.82) is 0 Å². The van der Waals surface area contributed by atoms with Crippen LogP contribution in [0.2, 0.25) is 0 Å². The molecule has 0 saturated heterocycles. The van der Waals surface area contributed by atoms with Gasteiger partial charge < -0.3 is 10.5 Å². The molecule has 0 aliphatic heterocycles. The van der Waals surface area contributed by atoms with Crippen LogP contribution < -0.4 is 11.1 Å². The van der Waals surface area contributed by atoms with E-state index in [0.29, 0.717) is 11.5 Å².